The van der Waals surface area contributed by atoms with Crippen molar-refractivity contribution in [1.29, 1.82) is 0 Å². The quantitative estimate of drug-likeness (QED) is 0.498. The van der Waals surface area contributed by atoms with Gasteiger partial charge < -0.3 is 15.5 Å². The highest BCUT2D eigenvalue weighted by atomic mass is 16.7. The van der Waals surface area contributed by atoms with Gasteiger partial charge >= 0.3 is 5.97 Å². The van der Waals surface area contributed by atoms with E-state index >= 15 is 0 Å². The van der Waals surface area contributed by atoms with Crippen LogP contribution in [0.1, 0.15) is 77.0 Å². The average molecular weight is 451 g/mol. The Balaban J connectivity index is 1.55. The van der Waals surface area contributed by atoms with Crippen LogP contribution < -0.4 is 10.6 Å². The van der Waals surface area contributed by atoms with Gasteiger partial charge in [-0.05, 0) is 25.7 Å². The molecule has 0 atom stereocenters. The van der Waals surface area contributed by atoms with E-state index in [1.54, 1.807) is 0 Å². The third-order valence-electron chi connectivity index (χ3n) is 6.23. The molecule has 3 aliphatic rings. The lowest BCUT2D eigenvalue weighted by Gasteiger charge is -2.27. The van der Waals surface area contributed by atoms with Crippen molar-refractivity contribution in [3.8, 4) is 0 Å². The van der Waals surface area contributed by atoms with Gasteiger partial charge in [-0.1, -0.05) is 38.5 Å². The van der Waals surface area contributed by atoms with Crippen LogP contribution in [0.2, 0.25) is 0 Å². The second-order valence-corrected chi connectivity index (χ2v) is 9.00. The summed E-state index contributed by atoms with van der Waals surface area (Å²) in [6.07, 6.45) is 10.3. The molecule has 1 heterocycles. The molecule has 10 nitrogen and oxygen atoms in total. The van der Waals surface area contributed by atoms with E-state index in [1.165, 1.54) is 17.7 Å². The van der Waals surface area contributed by atoms with E-state index < -0.39 is 17.8 Å². The summed E-state index contributed by atoms with van der Waals surface area (Å²) in [5.74, 6) is -2.52. The Kier molecular flexibility index (Phi) is 9.01. The van der Waals surface area contributed by atoms with Gasteiger partial charge in [-0.15, -0.1) is 5.06 Å². The van der Waals surface area contributed by atoms with Gasteiger partial charge in [0.1, 0.15) is 6.54 Å². The molecule has 1 aliphatic heterocycles. The van der Waals surface area contributed by atoms with Crippen LogP contribution in [0.25, 0.3) is 0 Å². The zero-order valence-electron chi connectivity index (χ0n) is 18.6. The molecule has 3 rings (SSSR count). The van der Waals surface area contributed by atoms with Gasteiger partial charge in [0.25, 0.3) is 11.8 Å². The predicted molar refractivity (Wildman–Crippen MR) is 114 cm³/mol. The van der Waals surface area contributed by atoms with Crippen LogP contribution in [0.4, 0.5) is 0 Å². The summed E-state index contributed by atoms with van der Waals surface area (Å²) in [4.78, 5) is 67.2. The van der Waals surface area contributed by atoms with Crippen LogP contribution in [0.5, 0.6) is 0 Å². The Labute approximate surface area is 188 Å². The molecule has 32 heavy (non-hydrogen) atoms. The first-order chi connectivity index (χ1) is 15.4. The minimum Gasteiger partial charge on any atom is -0.352 e. The first-order valence-electron chi connectivity index (χ1n) is 11.8. The highest BCUT2D eigenvalue weighted by Crippen LogP contribution is 2.18. The van der Waals surface area contributed by atoms with Crippen LogP contribution in [0.15, 0.2) is 0 Å². The van der Waals surface area contributed by atoms with Gasteiger partial charge in [-0.3, -0.25) is 24.1 Å². The molecule has 0 bridgehead atoms. The Morgan fingerprint density at radius 1 is 0.750 bits per heavy atom. The number of rotatable bonds is 9. The second kappa shape index (κ2) is 11.9. The number of imide groups is 1. The number of carbonyl (C=O) groups is 5. The molecule has 10 heteroatoms. The van der Waals surface area contributed by atoms with Crippen LogP contribution in [0, 0.1) is 0 Å². The summed E-state index contributed by atoms with van der Waals surface area (Å²) in [6.45, 7) is -0.676. The van der Waals surface area contributed by atoms with Crippen LogP contribution >= 0.6 is 0 Å². The van der Waals surface area contributed by atoms with Gasteiger partial charge in [0, 0.05) is 24.9 Å². The lowest BCUT2D eigenvalue weighted by Crippen LogP contribution is -2.49. The average Bonchev–Trinajstić information content (AvgIpc) is 3.07. The Bertz CT molecular complexity index is 665. The topological polar surface area (TPSA) is 125 Å². The highest BCUT2D eigenvalue weighted by Gasteiger charge is 2.33. The fraction of sp³-hybridized carbons (Fsp3) is 0.773. The fourth-order valence-corrected chi connectivity index (χ4v) is 4.59. The van der Waals surface area contributed by atoms with Crippen LogP contribution in [-0.2, 0) is 28.8 Å². The standard InChI is InChI=1S/C22H34N4O6/c27-18(23-16-7-3-1-4-8-16)13-25(14-19(28)24-17-9-5-2-6-10-17)15-22(31)32-26-20(29)11-12-21(26)30/h16-17H,1-15H2,(H,23,27)(H,24,28). The Hall–Kier alpha value is -2.49. The minimum atomic E-state index is -0.857. The third kappa shape index (κ3) is 7.58. The summed E-state index contributed by atoms with van der Waals surface area (Å²) in [5.41, 5.74) is 0. The van der Waals surface area contributed by atoms with Crippen molar-refractivity contribution in [2.75, 3.05) is 19.6 Å². The summed E-state index contributed by atoms with van der Waals surface area (Å²) in [6, 6.07) is 0.224. The molecule has 0 unspecified atom stereocenters. The first-order valence-corrected chi connectivity index (χ1v) is 11.8. The number of hydrogen-bond acceptors (Lipinski definition) is 7. The van der Waals surface area contributed by atoms with E-state index in [0.29, 0.717) is 5.06 Å². The normalized spacial score (nSPS) is 20.5. The van der Waals surface area contributed by atoms with Crippen molar-refractivity contribution >= 4 is 29.6 Å². The van der Waals surface area contributed by atoms with Crippen molar-refractivity contribution in [3.05, 3.63) is 0 Å². The predicted octanol–water partition coefficient (Wildman–Crippen LogP) is 0.793. The van der Waals surface area contributed by atoms with Crippen LogP contribution in [0.3, 0.4) is 0 Å². The molecule has 1 saturated heterocycles. The molecule has 2 aliphatic carbocycles. The number of nitrogens with zero attached hydrogens (tertiary/aromatic N) is 2. The number of amides is 4. The van der Waals surface area contributed by atoms with Crippen molar-refractivity contribution < 1.29 is 28.8 Å². The molecule has 0 aromatic rings. The lowest BCUT2D eigenvalue weighted by atomic mass is 9.95. The monoisotopic (exact) mass is 450 g/mol. The van der Waals surface area contributed by atoms with Gasteiger partial charge in [0.05, 0.1) is 13.1 Å². The van der Waals surface area contributed by atoms with E-state index in [-0.39, 0.29) is 56.4 Å². The fourth-order valence-electron chi connectivity index (χ4n) is 4.59. The molecule has 4 amide bonds. The van der Waals surface area contributed by atoms with Crippen molar-refractivity contribution in [2.45, 2.75) is 89.1 Å². The number of hydrogen-bond donors (Lipinski definition) is 2. The van der Waals surface area contributed by atoms with Gasteiger partial charge in [0.15, 0.2) is 0 Å². The van der Waals surface area contributed by atoms with Crippen LogP contribution in [-0.4, -0.2) is 71.3 Å². The van der Waals surface area contributed by atoms with Crippen molar-refractivity contribution in [2.24, 2.45) is 0 Å². The highest BCUT2D eigenvalue weighted by molar-refractivity contribution is 6.01. The largest absolute Gasteiger partial charge is 0.352 e. The molecule has 2 N–H and O–H groups in total. The van der Waals surface area contributed by atoms with Gasteiger partial charge in [-0.25, -0.2) is 4.79 Å². The number of carbonyl (C=O) groups excluding carboxylic acids is 5. The maximum Gasteiger partial charge on any atom is 0.347 e. The van der Waals surface area contributed by atoms with Gasteiger partial charge in [-0.2, -0.15) is 0 Å². The van der Waals surface area contributed by atoms with E-state index in [0.717, 1.165) is 51.4 Å². The molecule has 0 spiro atoms. The molecule has 0 radical (unpaired) electrons. The Morgan fingerprint density at radius 2 is 1.19 bits per heavy atom. The zero-order chi connectivity index (χ0) is 22.9. The maximum atomic E-state index is 12.6. The van der Waals surface area contributed by atoms with E-state index in [2.05, 4.69) is 10.6 Å². The molecule has 3 fully saturated rings. The van der Waals surface area contributed by atoms with E-state index in [4.69, 9.17) is 4.84 Å². The molecular weight excluding hydrogens is 416 g/mol. The SMILES string of the molecule is O=C(CN(CC(=O)NC1CCCCC1)CC(=O)ON1C(=O)CCC1=O)NC1CCCCC1. The molecular formula is C22H34N4O6. The number of hydroxylamine groups is 2. The van der Waals surface area contributed by atoms with E-state index in [9.17, 15) is 24.0 Å². The molecule has 0 aromatic carbocycles. The number of nitrogens with one attached hydrogen (secondary N) is 2. The summed E-state index contributed by atoms with van der Waals surface area (Å²) in [5, 5.41) is 6.44. The molecule has 2 saturated carbocycles. The zero-order valence-corrected chi connectivity index (χ0v) is 18.6. The first kappa shape index (κ1) is 24.2. The molecule has 178 valence electrons. The summed E-state index contributed by atoms with van der Waals surface area (Å²) < 4.78 is 0. The maximum absolute atomic E-state index is 12.6. The van der Waals surface area contributed by atoms with Crippen molar-refractivity contribution in [1.82, 2.24) is 20.6 Å². The summed E-state index contributed by atoms with van der Waals surface area (Å²) >= 11 is 0. The lowest BCUT2D eigenvalue weighted by molar-refractivity contribution is -0.198. The third-order valence-corrected chi connectivity index (χ3v) is 6.23. The molecule has 0 aromatic heterocycles. The van der Waals surface area contributed by atoms with E-state index in [1.807, 2.05) is 0 Å². The second-order valence-electron chi connectivity index (χ2n) is 9.00. The summed E-state index contributed by atoms with van der Waals surface area (Å²) in [7, 11) is 0. The van der Waals surface area contributed by atoms with Gasteiger partial charge in [0.2, 0.25) is 11.8 Å². The minimum absolute atomic E-state index is 0.00339. The van der Waals surface area contributed by atoms with Crippen molar-refractivity contribution in [3.63, 3.8) is 0 Å². The Morgan fingerprint density at radius 3 is 1.62 bits per heavy atom. The smallest absolute Gasteiger partial charge is 0.347 e.